The Morgan fingerprint density at radius 1 is 0.697 bits per heavy atom. The van der Waals surface area contributed by atoms with Gasteiger partial charge in [0.1, 0.15) is 0 Å². The van der Waals surface area contributed by atoms with Gasteiger partial charge in [-0.3, -0.25) is 10.1 Å². The van der Waals surface area contributed by atoms with Crippen LogP contribution >= 0.6 is 0 Å². The summed E-state index contributed by atoms with van der Waals surface area (Å²) in [6.07, 6.45) is 26.0. The highest BCUT2D eigenvalue weighted by Gasteiger charge is 2.32. The summed E-state index contributed by atoms with van der Waals surface area (Å²) < 4.78 is 0. The number of benzene rings is 1. The smallest absolute Gasteiger partial charge is 0.258 e. The van der Waals surface area contributed by atoms with Crippen LogP contribution in [-0.2, 0) is 0 Å². The number of nitro groups is 1. The lowest BCUT2D eigenvalue weighted by atomic mass is 9.72. The van der Waals surface area contributed by atoms with Crippen molar-refractivity contribution in [3.8, 4) is 0 Å². The highest BCUT2D eigenvalue weighted by molar-refractivity contribution is 5.50. The maximum Gasteiger partial charge on any atom is 0.273 e. The summed E-state index contributed by atoms with van der Waals surface area (Å²) in [5, 5.41) is 11.8. The normalized spacial score (nSPS) is 17.8. The van der Waals surface area contributed by atoms with Crippen molar-refractivity contribution in [2.75, 3.05) is 0 Å². The van der Waals surface area contributed by atoms with Gasteiger partial charge in [0.2, 0.25) is 0 Å². The quantitative estimate of drug-likeness (QED) is 0.118. The third-order valence-electron chi connectivity index (χ3n) is 7.84. The lowest BCUT2D eigenvalue weighted by Crippen LogP contribution is -2.17. The van der Waals surface area contributed by atoms with Crippen molar-refractivity contribution in [3.05, 3.63) is 39.4 Å². The van der Waals surface area contributed by atoms with Crippen LogP contribution in [0.4, 0.5) is 5.69 Å². The van der Waals surface area contributed by atoms with E-state index < -0.39 is 0 Å². The topological polar surface area (TPSA) is 43.1 Å². The maximum atomic E-state index is 11.8. The molecule has 3 heteroatoms. The molecule has 0 saturated carbocycles. The molecule has 0 aromatic heterocycles. The van der Waals surface area contributed by atoms with Crippen LogP contribution < -0.4 is 0 Å². The Balaban J connectivity index is 1.81. The molecule has 0 heterocycles. The largest absolute Gasteiger partial charge is 0.273 e. The predicted molar refractivity (Wildman–Crippen MR) is 142 cm³/mol. The highest BCUT2D eigenvalue weighted by atomic mass is 16.6. The average Bonchev–Trinajstić information content (AvgIpc) is 2.82. The Hall–Kier alpha value is -1.38. The zero-order chi connectivity index (χ0) is 23.7. The molecule has 0 bridgehead atoms. The SMILES string of the molecule is CCCCCCCCCCCCC1CCC(CCCCCCCC)c2c1cccc2[N+](=O)[O-]. The second kappa shape index (κ2) is 17.1. The third-order valence-corrected chi connectivity index (χ3v) is 7.84. The van der Waals surface area contributed by atoms with Crippen LogP contribution in [-0.4, -0.2) is 4.92 Å². The second-order valence-corrected chi connectivity index (χ2v) is 10.5. The summed E-state index contributed by atoms with van der Waals surface area (Å²) >= 11 is 0. The van der Waals surface area contributed by atoms with Gasteiger partial charge in [0.05, 0.1) is 4.92 Å². The summed E-state index contributed by atoms with van der Waals surface area (Å²) in [5.74, 6) is 0.909. The van der Waals surface area contributed by atoms with Gasteiger partial charge in [-0.05, 0) is 43.1 Å². The fourth-order valence-corrected chi connectivity index (χ4v) is 5.87. The first-order valence-corrected chi connectivity index (χ1v) is 14.5. The van der Waals surface area contributed by atoms with Gasteiger partial charge in [0.25, 0.3) is 5.69 Å². The number of nitrogens with zero attached hydrogens (tertiary/aromatic N) is 1. The molecule has 0 fully saturated rings. The number of hydrogen-bond acceptors (Lipinski definition) is 2. The van der Waals surface area contributed by atoms with Crippen molar-refractivity contribution in [2.45, 2.75) is 154 Å². The standard InChI is InChI=1S/C30H51NO2/c1-3-5-7-9-11-12-13-14-16-17-20-26-24-25-27(21-18-15-10-8-6-4-2)30-28(26)22-19-23-29(30)31(32)33/h19,22-23,26-27H,3-18,20-21,24-25H2,1-2H3. The number of nitro benzene ring substituents is 1. The maximum absolute atomic E-state index is 11.8. The van der Waals surface area contributed by atoms with Crippen molar-refractivity contribution in [1.29, 1.82) is 0 Å². The summed E-state index contributed by atoms with van der Waals surface area (Å²) in [6, 6.07) is 5.88. The third kappa shape index (κ3) is 10.2. The van der Waals surface area contributed by atoms with Crippen LogP contribution in [0, 0.1) is 10.1 Å². The van der Waals surface area contributed by atoms with E-state index in [1.165, 1.54) is 121 Å². The van der Waals surface area contributed by atoms with E-state index in [2.05, 4.69) is 19.9 Å². The molecule has 0 spiro atoms. The Bertz CT molecular complexity index is 657. The molecule has 0 aliphatic heterocycles. The molecule has 3 nitrogen and oxygen atoms in total. The van der Waals surface area contributed by atoms with E-state index in [1.54, 1.807) is 6.07 Å². The molecule has 1 aliphatic rings. The lowest BCUT2D eigenvalue weighted by Gasteiger charge is -2.31. The van der Waals surface area contributed by atoms with Gasteiger partial charge in [-0.1, -0.05) is 129 Å². The Morgan fingerprint density at radius 3 is 1.67 bits per heavy atom. The number of rotatable bonds is 19. The Kier molecular flexibility index (Phi) is 14.4. The molecule has 0 amide bonds. The van der Waals surface area contributed by atoms with Crippen LogP contribution in [0.25, 0.3) is 0 Å². The summed E-state index contributed by atoms with van der Waals surface area (Å²) in [5.41, 5.74) is 2.79. The molecule has 1 aliphatic carbocycles. The molecule has 1 aromatic carbocycles. The average molecular weight is 458 g/mol. The molecule has 33 heavy (non-hydrogen) atoms. The van der Waals surface area contributed by atoms with Gasteiger partial charge in [-0.15, -0.1) is 0 Å². The van der Waals surface area contributed by atoms with Gasteiger partial charge in [0, 0.05) is 11.6 Å². The fourth-order valence-electron chi connectivity index (χ4n) is 5.87. The first-order chi connectivity index (χ1) is 16.2. The van der Waals surface area contributed by atoms with Gasteiger partial charge >= 0.3 is 0 Å². The molecular weight excluding hydrogens is 406 g/mol. The van der Waals surface area contributed by atoms with Gasteiger partial charge in [0.15, 0.2) is 0 Å². The van der Waals surface area contributed by atoms with E-state index in [1.807, 2.05) is 6.07 Å². The van der Waals surface area contributed by atoms with E-state index in [9.17, 15) is 10.1 Å². The molecule has 2 rings (SSSR count). The molecule has 1 aromatic rings. The monoisotopic (exact) mass is 457 g/mol. The Labute approximate surface area is 204 Å². The number of fused-ring (bicyclic) bond motifs is 1. The minimum absolute atomic E-state index is 0.129. The summed E-state index contributed by atoms with van der Waals surface area (Å²) in [4.78, 5) is 11.7. The fraction of sp³-hybridized carbons (Fsp3) is 0.800. The molecule has 188 valence electrons. The van der Waals surface area contributed by atoms with E-state index >= 15 is 0 Å². The minimum Gasteiger partial charge on any atom is -0.258 e. The van der Waals surface area contributed by atoms with Crippen LogP contribution in [0.2, 0.25) is 0 Å². The zero-order valence-corrected chi connectivity index (χ0v) is 21.8. The van der Waals surface area contributed by atoms with Crippen LogP contribution in [0.1, 0.15) is 165 Å². The van der Waals surface area contributed by atoms with Crippen molar-refractivity contribution >= 4 is 5.69 Å². The van der Waals surface area contributed by atoms with Gasteiger partial charge in [-0.25, -0.2) is 0 Å². The van der Waals surface area contributed by atoms with Crippen molar-refractivity contribution in [3.63, 3.8) is 0 Å². The molecule has 0 N–H and O–H groups in total. The highest BCUT2D eigenvalue weighted by Crippen LogP contribution is 2.47. The molecule has 2 atom stereocenters. The van der Waals surface area contributed by atoms with Crippen LogP contribution in [0.3, 0.4) is 0 Å². The lowest BCUT2D eigenvalue weighted by molar-refractivity contribution is -0.385. The van der Waals surface area contributed by atoms with E-state index in [-0.39, 0.29) is 4.92 Å². The van der Waals surface area contributed by atoms with Gasteiger partial charge in [-0.2, -0.15) is 0 Å². The zero-order valence-electron chi connectivity index (χ0n) is 21.8. The summed E-state index contributed by atoms with van der Waals surface area (Å²) in [7, 11) is 0. The number of hydrogen-bond donors (Lipinski definition) is 0. The van der Waals surface area contributed by atoms with Crippen LogP contribution in [0.15, 0.2) is 18.2 Å². The van der Waals surface area contributed by atoms with Crippen molar-refractivity contribution in [2.24, 2.45) is 0 Å². The molecule has 0 radical (unpaired) electrons. The van der Waals surface area contributed by atoms with Crippen molar-refractivity contribution < 1.29 is 4.92 Å². The molecule has 0 saturated heterocycles. The predicted octanol–water partition coefficient (Wildman–Crippen LogP) is 10.6. The minimum atomic E-state index is -0.129. The molecular formula is C30H51NO2. The first kappa shape index (κ1) is 27.9. The summed E-state index contributed by atoms with van der Waals surface area (Å²) in [6.45, 7) is 4.53. The van der Waals surface area contributed by atoms with Crippen molar-refractivity contribution in [1.82, 2.24) is 0 Å². The Morgan fingerprint density at radius 2 is 1.15 bits per heavy atom. The first-order valence-electron chi connectivity index (χ1n) is 14.5. The van der Waals surface area contributed by atoms with E-state index in [4.69, 9.17) is 0 Å². The number of unbranched alkanes of at least 4 members (excludes halogenated alkanes) is 14. The van der Waals surface area contributed by atoms with Crippen LogP contribution in [0.5, 0.6) is 0 Å². The second-order valence-electron chi connectivity index (χ2n) is 10.5. The van der Waals surface area contributed by atoms with E-state index in [0.717, 1.165) is 18.4 Å². The van der Waals surface area contributed by atoms with E-state index in [0.29, 0.717) is 17.5 Å². The van der Waals surface area contributed by atoms with Gasteiger partial charge < -0.3 is 0 Å². The molecule has 2 unspecified atom stereocenters.